The van der Waals surface area contributed by atoms with Crippen LogP contribution in [0, 0.1) is 0 Å². The van der Waals surface area contributed by atoms with Gasteiger partial charge in [-0.05, 0) is 26.7 Å². The first-order valence-corrected chi connectivity index (χ1v) is 6.48. The largest absolute Gasteiger partial charge is 0.377 e. The van der Waals surface area contributed by atoms with Gasteiger partial charge in [-0.25, -0.2) is 0 Å². The molecule has 0 bridgehead atoms. The van der Waals surface area contributed by atoms with Crippen LogP contribution in [0.3, 0.4) is 0 Å². The van der Waals surface area contributed by atoms with Gasteiger partial charge in [-0.15, -0.1) is 0 Å². The molecule has 0 aromatic rings. The Kier molecular flexibility index (Phi) is 4.42. The Morgan fingerprint density at radius 3 is 2.69 bits per heavy atom. The molecule has 0 radical (unpaired) electrons. The zero-order valence-electron chi connectivity index (χ0n) is 9.14. The van der Waals surface area contributed by atoms with Gasteiger partial charge in [0.25, 0.3) is 0 Å². The third kappa shape index (κ3) is 2.79. The van der Waals surface area contributed by atoms with Gasteiger partial charge in [-0.2, -0.15) is 0 Å². The summed E-state index contributed by atoms with van der Waals surface area (Å²) in [6.45, 7) is 5.80. The van der Waals surface area contributed by atoms with E-state index in [9.17, 15) is 0 Å². The molecular formula is C10H22O2Si. The van der Waals surface area contributed by atoms with Crippen molar-refractivity contribution in [3.63, 3.8) is 0 Å². The van der Waals surface area contributed by atoms with Crippen LogP contribution < -0.4 is 0 Å². The van der Waals surface area contributed by atoms with Crippen molar-refractivity contribution < 1.29 is 9.47 Å². The van der Waals surface area contributed by atoms with Crippen LogP contribution >= 0.6 is 0 Å². The van der Waals surface area contributed by atoms with Gasteiger partial charge in [-0.3, -0.25) is 0 Å². The second-order valence-corrected chi connectivity index (χ2v) is 5.63. The van der Waals surface area contributed by atoms with Gasteiger partial charge in [0.15, 0.2) is 0 Å². The molecule has 0 heterocycles. The molecule has 2 nitrogen and oxygen atoms in total. The summed E-state index contributed by atoms with van der Waals surface area (Å²) in [4.78, 5) is 0. The van der Waals surface area contributed by atoms with E-state index in [0.29, 0.717) is 6.10 Å². The maximum absolute atomic E-state index is 5.87. The van der Waals surface area contributed by atoms with Crippen molar-refractivity contribution in [3.8, 4) is 0 Å². The zero-order chi connectivity index (χ0) is 9.73. The highest BCUT2D eigenvalue weighted by Gasteiger charge is 2.37. The monoisotopic (exact) mass is 202 g/mol. The lowest BCUT2D eigenvalue weighted by Gasteiger charge is -2.40. The van der Waals surface area contributed by atoms with Gasteiger partial charge in [0, 0.05) is 23.5 Å². The number of ether oxygens (including phenoxy) is 2. The SMILES string of the molecule is CCOC1CCCCC1([SiH3])OCC. The lowest BCUT2D eigenvalue weighted by Crippen LogP contribution is -2.49. The summed E-state index contributed by atoms with van der Waals surface area (Å²) in [7, 11) is 1.09. The van der Waals surface area contributed by atoms with Crippen molar-refractivity contribution in [2.24, 2.45) is 0 Å². The van der Waals surface area contributed by atoms with Crippen molar-refractivity contribution in [2.45, 2.75) is 50.9 Å². The van der Waals surface area contributed by atoms with E-state index in [2.05, 4.69) is 13.8 Å². The van der Waals surface area contributed by atoms with Gasteiger partial charge in [0.05, 0.1) is 11.3 Å². The average Bonchev–Trinajstić information content (AvgIpc) is 2.10. The maximum atomic E-state index is 5.87. The molecule has 0 aliphatic heterocycles. The molecule has 2 unspecified atom stereocenters. The highest BCUT2D eigenvalue weighted by atomic mass is 28.1. The predicted octanol–water partition coefficient (Wildman–Crippen LogP) is 1.06. The van der Waals surface area contributed by atoms with Gasteiger partial charge in [0.2, 0.25) is 0 Å². The Labute approximate surface area is 84.4 Å². The molecule has 0 aromatic heterocycles. The molecule has 0 saturated heterocycles. The van der Waals surface area contributed by atoms with Crippen LogP contribution in [0.15, 0.2) is 0 Å². The first kappa shape index (κ1) is 11.2. The van der Waals surface area contributed by atoms with Crippen LogP contribution in [-0.4, -0.2) is 34.8 Å². The quantitative estimate of drug-likeness (QED) is 0.635. The van der Waals surface area contributed by atoms with Gasteiger partial charge >= 0.3 is 0 Å². The summed E-state index contributed by atoms with van der Waals surface area (Å²) < 4.78 is 11.6. The molecule has 1 rings (SSSR count). The van der Waals surface area contributed by atoms with E-state index >= 15 is 0 Å². The molecule has 0 amide bonds. The molecule has 13 heavy (non-hydrogen) atoms. The zero-order valence-corrected chi connectivity index (χ0v) is 11.1. The average molecular weight is 202 g/mol. The van der Waals surface area contributed by atoms with Gasteiger partial charge < -0.3 is 9.47 Å². The number of rotatable bonds is 4. The molecule has 1 saturated carbocycles. The molecule has 2 atom stereocenters. The first-order valence-electron chi connectivity index (χ1n) is 5.48. The lowest BCUT2D eigenvalue weighted by atomic mass is 9.93. The van der Waals surface area contributed by atoms with Crippen LogP contribution in [0.25, 0.3) is 0 Å². The normalized spacial score (nSPS) is 35.1. The molecule has 1 aliphatic carbocycles. The Morgan fingerprint density at radius 1 is 1.31 bits per heavy atom. The highest BCUT2D eigenvalue weighted by Crippen LogP contribution is 2.31. The molecule has 0 aromatic carbocycles. The second-order valence-electron chi connectivity index (χ2n) is 3.94. The van der Waals surface area contributed by atoms with E-state index in [4.69, 9.17) is 9.47 Å². The molecule has 78 valence electrons. The maximum Gasteiger partial charge on any atom is 0.0824 e. The lowest BCUT2D eigenvalue weighted by molar-refractivity contribution is -0.113. The van der Waals surface area contributed by atoms with Crippen LogP contribution in [0.1, 0.15) is 39.5 Å². The van der Waals surface area contributed by atoms with Crippen molar-refractivity contribution in [1.29, 1.82) is 0 Å². The van der Waals surface area contributed by atoms with E-state index in [1.807, 2.05) is 0 Å². The molecule has 1 fully saturated rings. The van der Waals surface area contributed by atoms with Crippen molar-refractivity contribution in [1.82, 2.24) is 0 Å². The Balaban J connectivity index is 2.54. The summed E-state index contributed by atoms with van der Waals surface area (Å²) in [6.07, 6.45) is 5.39. The third-order valence-corrected chi connectivity index (χ3v) is 4.35. The number of hydrogen-bond acceptors (Lipinski definition) is 2. The van der Waals surface area contributed by atoms with Crippen LogP contribution in [0.5, 0.6) is 0 Å². The summed E-state index contributed by atoms with van der Waals surface area (Å²) in [5, 5.41) is 0.114. The molecule has 0 N–H and O–H groups in total. The second kappa shape index (κ2) is 5.13. The molecule has 3 heteroatoms. The van der Waals surface area contributed by atoms with Gasteiger partial charge in [0.1, 0.15) is 0 Å². The smallest absolute Gasteiger partial charge is 0.0824 e. The van der Waals surface area contributed by atoms with Crippen LogP contribution in [0.4, 0.5) is 0 Å². The fourth-order valence-electron chi connectivity index (χ4n) is 2.23. The van der Waals surface area contributed by atoms with Crippen LogP contribution in [0.2, 0.25) is 0 Å². The molecule has 1 aliphatic rings. The standard InChI is InChI=1S/C10H22O2Si/c1-3-11-9-7-5-6-8-10(9,13)12-4-2/h9H,3-8H2,1-2,13H3. The van der Waals surface area contributed by atoms with E-state index in [1.54, 1.807) is 0 Å². The molecular weight excluding hydrogens is 180 g/mol. The minimum Gasteiger partial charge on any atom is -0.377 e. The Morgan fingerprint density at radius 2 is 2.08 bits per heavy atom. The van der Waals surface area contributed by atoms with E-state index in [0.717, 1.165) is 23.5 Å². The Hall–Kier alpha value is 0.137. The number of hydrogen-bond donors (Lipinski definition) is 0. The van der Waals surface area contributed by atoms with E-state index in [1.165, 1.54) is 25.7 Å². The topological polar surface area (TPSA) is 18.5 Å². The summed E-state index contributed by atoms with van der Waals surface area (Å²) in [6, 6.07) is 0. The minimum absolute atomic E-state index is 0.114. The van der Waals surface area contributed by atoms with E-state index in [-0.39, 0.29) is 5.22 Å². The van der Waals surface area contributed by atoms with Crippen molar-refractivity contribution in [2.75, 3.05) is 13.2 Å². The molecule has 0 spiro atoms. The van der Waals surface area contributed by atoms with Gasteiger partial charge in [-0.1, -0.05) is 12.8 Å². The fourth-order valence-corrected chi connectivity index (χ4v) is 3.33. The van der Waals surface area contributed by atoms with Crippen LogP contribution in [-0.2, 0) is 9.47 Å². The predicted molar refractivity (Wildman–Crippen MR) is 58.2 cm³/mol. The van der Waals surface area contributed by atoms with Crippen molar-refractivity contribution >= 4 is 10.2 Å². The third-order valence-electron chi connectivity index (χ3n) is 2.91. The fraction of sp³-hybridized carbons (Fsp3) is 1.00. The Bertz CT molecular complexity index is 146. The van der Waals surface area contributed by atoms with E-state index < -0.39 is 0 Å². The summed E-state index contributed by atoms with van der Waals surface area (Å²) in [5.41, 5.74) is 0. The summed E-state index contributed by atoms with van der Waals surface area (Å²) >= 11 is 0. The van der Waals surface area contributed by atoms with Crippen molar-refractivity contribution in [3.05, 3.63) is 0 Å². The summed E-state index contributed by atoms with van der Waals surface area (Å²) in [5.74, 6) is 0. The first-order chi connectivity index (χ1) is 6.23. The minimum atomic E-state index is 0.114. The highest BCUT2D eigenvalue weighted by molar-refractivity contribution is 6.15.